The Bertz CT molecular complexity index is 559. The van der Waals surface area contributed by atoms with E-state index in [1.54, 1.807) is 14.2 Å². The monoisotopic (exact) mass is 340 g/mol. The molecule has 1 aromatic rings. The molecule has 1 fully saturated rings. The molecule has 0 radical (unpaired) electrons. The molecule has 0 aromatic heterocycles. The number of hydrogen-bond acceptors (Lipinski definition) is 4. The molecule has 6 heteroatoms. The normalized spacial score (nSPS) is 17.9. The smallest absolute Gasteiger partial charge is 0.226 e. The van der Waals surface area contributed by atoms with Crippen LogP contribution < -0.4 is 14.8 Å². The van der Waals surface area contributed by atoms with Gasteiger partial charge in [0.15, 0.2) is 11.5 Å². The lowest BCUT2D eigenvalue weighted by molar-refractivity contribution is -0.137. The molecule has 128 valence electrons. The van der Waals surface area contributed by atoms with Crippen LogP contribution in [0, 0.1) is 5.92 Å². The molecule has 0 atom stereocenters. The predicted octanol–water partition coefficient (Wildman–Crippen LogP) is 2.01. The van der Waals surface area contributed by atoms with Crippen LogP contribution in [0.4, 0.5) is 0 Å². The van der Waals surface area contributed by atoms with Gasteiger partial charge in [0.25, 0.3) is 0 Å². The number of carbonyl (C=O) groups excluding carboxylic acids is 1. The van der Waals surface area contributed by atoms with Crippen LogP contribution in [0.1, 0.15) is 24.0 Å². The van der Waals surface area contributed by atoms with Gasteiger partial charge in [0, 0.05) is 19.0 Å². The van der Waals surface area contributed by atoms with Crippen molar-refractivity contribution in [2.45, 2.75) is 25.8 Å². The van der Waals surface area contributed by atoms with Crippen LogP contribution >= 0.6 is 12.4 Å². The Balaban J connectivity index is 0.00000192. The van der Waals surface area contributed by atoms with Gasteiger partial charge in [-0.2, -0.15) is 0 Å². The van der Waals surface area contributed by atoms with Gasteiger partial charge in [0.1, 0.15) is 0 Å². The first kappa shape index (κ1) is 17.9. The number of halogens is 1. The molecule has 2 aliphatic heterocycles. The highest BCUT2D eigenvalue weighted by Gasteiger charge is 2.28. The number of nitrogens with zero attached hydrogens (tertiary/aromatic N) is 1. The SMILES string of the molecule is COc1cc2c(cc1OC)CN(C(=O)C1CCNCC1)CC2.Cl. The molecular weight excluding hydrogens is 316 g/mol. The van der Waals surface area contributed by atoms with Crippen molar-refractivity contribution in [2.75, 3.05) is 33.9 Å². The molecule has 1 aromatic carbocycles. The summed E-state index contributed by atoms with van der Waals surface area (Å²) in [7, 11) is 3.30. The number of methoxy groups -OCH3 is 2. The molecule has 2 heterocycles. The summed E-state index contributed by atoms with van der Waals surface area (Å²) in [5.74, 6) is 1.99. The van der Waals surface area contributed by atoms with Crippen LogP contribution in [0.15, 0.2) is 12.1 Å². The molecule has 0 saturated carbocycles. The Morgan fingerprint density at radius 1 is 1.13 bits per heavy atom. The largest absolute Gasteiger partial charge is 0.493 e. The van der Waals surface area contributed by atoms with Crippen molar-refractivity contribution >= 4 is 18.3 Å². The van der Waals surface area contributed by atoms with E-state index in [1.165, 1.54) is 11.1 Å². The second kappa shape index (κ2) is 7.88. The van der Waals surface area contributed by atoms with Crippen LogP contribution in [0.5, 0.6) is 11.5 Å². The maximum absolute atomic E-state index is 12.7. The molecule has 0 aliphatic carbocycles. The van der Waals surface area contributed by atoms with Gasteiger partial charge in [-0.1, -0.05) is 0 Å². The lowest BCUT2D eigenvalue weighted by Gasteiger charge is -2.33. The fraction of sp³-hybridized carbons (Fsp3) is 0.588. The van der Waals surface area contributed by atoms with Crippen molar-refractivity contribution in [1.29, 1.82) is 0 Å². The average molecular weight is 341 g/mol. The Kier molecular flexibility index (Phi) is 6.13. The van der Waals surface area contributed by atoms with Crippen LogP contribution in [-0.4, -0.2) is 44.7 Å². The van der Waals surface area contributed by atoms with Gasteiger partial charge < -0.3 is 19.7 Å². The number of ether oxygens (including phenoxy) is 2. The molecule has 1 N–H and O–H groups in total. The molecule has 0 unspecified atom stereocenters. The fourth-order valence-corrected chi connectivity index (χ4v) is 3.40. The van der Waals surface area contributed by atoms with Crippen LogP contribution in [0.2, 0.25) is 0 Å². The Morgan fingerprint density at radius 2 is 1.74 bits per heavy atom. The summed E-state index contributed by atoms with van der Waals surface area (Å²) < 4.78 is 10.7. The second-order valence-electron chi connectivity index (χ2n) is 6.01. The maximum Gasteiger partial charge on any atom is 0.226 e. The number of rotatable bonds is 3. The summed E-state index contributed by atoms with van der Waals surface area (Å²) in [4.78, 5) is 14.7. The van der Waals surface area contributed by atoms with Crippen LogP contribution in [0.3, 0.4) is 0 Å². The van der Waals surface area contributed by atoms with E-state index in [0.717, 1.165) is 50.4 Å². The quantitative estimate of drug-likeness (QED) is 0.914. The Hall–Kier alpha value is -1.46. The molecule has 1 amide bonds. The highest BCUT2D eigenvalue weighted by Crippen LogP contribution is 2.33. The van der Waals surface area contributed by atoms with Crippen molar-refractivity contribution in [2.24, 2.45) is 5.92 Å². The lowest BCUT2D eigenvalue weighted by Crippen LogP contribution is -2.43. The molecule has 1 saturated heterocycles. The van der Waals surface area contributed by atoms with Gasteiger partial charge in [-0.15, -0.1) is 12.4 Å². The summed E-state index contributed by atoms with van der Waals surface area (Å²) in [6.45, 7) is 3.38. The minimum Gasteiger partial charge on any atom is -0.493 e. The van der Waals surface area contributed by atoms with Crippen molar-refractivity contribution in [3.63, 3.8) is 0 Å². The first-order valence-corrected chi connectivity index (χ1v) is 7.96. The van der Waals surface area contributed by atoms with E-state index in [1.807, 2.05) is 17.0 Å². The number of fused-ring (bicyclic) bond motifs is 1. The van der Waals surface area contributed by atoms with Gasteiger partial charge in [-0.05, 0) is 55.6 Å². The van der Waals surface area contributed by atoms with Crippen molar-refractivity contribution in [3.8, 4) is 11.5 Å². The van der Waals surface area contributed by atoms with Gasteiger partial charge in [-0.25, -0.2) is 0 Å². The number of amides is 1. The van der Waals surface area contributed by atoms with Crippen LogP contribution in [0.25, 0.3) is 0 Å². The summed E-state index contributed by atoms with van der Waals surface area (Å²) >= 11 is 0. The van der Waals surface area contributed by atoms with E-state index in [4.69, 9.17) is 9.47 Å². The van der Waals surface area contributed by atoms with Crippen molar-refractivity contribution < 1.29 is 14.3 Å². The van der Waals surface area contributed by atoms with E-state index in [-0.39, 0.29) is 18.3 Å². The Morgan fingerprint density at radius 3 is 2.35 bits per heavy atom. The molecule has 0 spiro atoms. The molecular formula is C17H25ClN2O3. The standard InChI is InChI=1S/C17H24N2O3.ClH/c1-21-15-9-13-5-8-19(11-14(13)10-16(15)22-2)17(20)12-3-6-18-7-4-12;/h9-10,12,18H,3-8,11H2,1-2H3;1H. The van der Waals surface area contributed by atoms with Gasteiger partial charge in [0.05, 0.1) is 14.2 Å². The number of hydrogen-bond donors (Lipinski definition) is 1. The Labute approximate surface area is 143 Å². The van der Waals surface area contributed by atoms with Gasteiger partial charge >= 0.3 is 0 Å². The zero-order valence-electron chi connectivity index (χ0n) is 13.8. The highest BCUT2D eigenvalue weighted by atomic mass is 35.5. The van der Waals surface area contributed by atoms with Gasteiger partial charge in [0.2, 0.25) is 5.91 Å². The third-order valence-electron chi connectivity index (χ3n) is 4.72. The summed E-state index contributed by atoms with van der Waals surface area (Å²) in [6.07, 6.45) is 2.79. The molecule has 23 heavy (non-hydrogen) atoms. The fourth-order valence-electron chi connectivity index (χ4n) is 3.40. The number of piperidine rings is 1. The maximum atomic E-state index is 12.7. The number of benzene rings is 1. The minimum absolute atomic E-state index is 0. The summed E-state index contributed by atoms with van der Waals surface area (Å²) in [5.41, 5.74) is 2.43. The third-order valence-corrected chi connectivity index (χ3v) is 4.72. The molecule has 5 nitrogen and oxygen atoms in total. The molecule has 0 bridgehead atoms. The van der Waals surface area contributed by atoms with E-state index in [0.29, 0.717) is 12.5 Å². The molecule has 3 rings (SSSR count). The predicted molar refractivity (Wildman–Crippen MR) is 91.5 cm³/mol. The van der Waals surface area contributed by atoms with Gasteiger partial charge in [-0.3, -0.25) is 4.79 Å². The topological polar surface area (TPSA) is 50.8 Å². The number of nitrogens with one attached hydrogen (secondary N) is 1. The second-order valence-corrected chi connectivity index (χ2v) is 6.01. The highest BCUT2D eigenvalue weighted by molar-refractivity contribution is 5.85. The molecule has 2 aliphatic rings. The van der Waals surface area contributed by atoms with E-state index in [9.17, 15) is 4.79 Å². The van der Waals surface area contributed by atoms with Crippen LogP contribution in [-0.2, 0) is 17.8 Å². The zero-order chi connectivity index (χ0) is 15.5. The first-order chi connectivity index (χ1) is 10.7. The lowest BCUT2D eigenvalue weighted by atomic mass is 9.93. The van der Waals surface area contributed by atoms with E-state index >= 15 is 0 Å². The third kappa shape index (κ3) is 3.72. The summed E-state index contributed by atoms with van der Waals surface area (Å²) in [5, 5.41) is 3.31. The van der Waals surface area contributed by atoms with Crippen molar-refractivity contribution in [1.82, 2.24) is 10.2 Å². The number of carbonyl (C=O) groups is 1. The van der Waals surface area contributed by atoms with E-state index in [2.05, 4.69) is 5.32 Å². The van der Waals surface area contributed by atoms with Crippen molar-refractivity contribution in [3.05, 3.63) is 23.3 Å². The average Bonchev–Trinajstić information content (AvgIpc) is 2.60. The van der Waals surface area contributed by atoms with E-state index < -0.39 is 0 Å². The zero-order valence-corrected chi connectivity index (χ0v) is 14.6. The minimum atomic E-state index is 0. The first-order valence-electron chi connectivity index (χ1n) is 7.96. The summed E-state index contributed by atoms with van der Waals surface area (Å²) in [6, 6.07) is 4.05.